The summed E-state index contributed by atoms with van der Waals surface area (Å²) >= 11 is 0. The molecular formula is C15H30N4O5S. The van der Waals surface area contributed by atoms with Crippen LogP contribution in [0.2, 0.25) is 0 Å². The molecule has 1 fully saturated rings. The summed E-state index contributed by atoms with van der Waals surface area (Å²) in [5, 5.41) is 6.53. The third-order valence-electron chi connectivity index (χ3n) is 3.72. The second-order valence-electron chi connectivity index (χ2n) is 5.88. The lowest BCUT2D eigenvalue weighted by atomic mass is 10.1. The zero-order valence-electron chi connectivity index (χ0n) is 15.3. The minimum Gasteiger partial charge on any atom is -0.453 e. The van der Waals surface area contributed by atoms with E-state index in [0.29, 0.717) is 32.2 Å². The van der Waals surface area contributed by atoms with E-state index in [1.807, 2.05) is 6.92 Å². The maximum absolute atomic E-state index is 11.5. The second-order valence-corrected chi connectivity index (χ2v) is 8.14. The molecule has 0 radical (unpaired) electrons. The maximum atomic E-state index is 11.5. The molecule has 9 nitrogen and oxygen atoms in total. The van der Waals surface area contributed by atoms with Crippen molar-refractivity contribution in [2.45, 2.75) is 25.8 Å². The number of hydrogen-bond donors (Lipinski definition) is 2. The number of carbonyl (C=O) groups is 1. The van der Waals surface area contributed by atoms with Crippen LogP contribution in [0.15, 0.2) is 4.99 Å². The molecule has 0 aliphatic carbocycles. The Balaban J connectivity index is 2.32. The molecule has 0 aromatic rings. The van der Waals surface area contributed by atoms with Crippen molar-refractivity contribution in [1.29, 1.82) is 0 Å². The first-order valence-corrected chi connectivity index (χ1v) is 10.5. The van der Waals surface area contributed by atoms with Crippen molar-refractivity contribution < 1.29 is 22.7 Å². The summed E-state index contributed by atoms with van der Waals surface area (Å²) in [6.45, 7) is 5.02. The normalized spacial score (nSPS) is 16.6. The van der Waals surface area contributed by atoms with Crippen LogP contribution in [0.3, 0.4) is 0 Å². The minimum absolute atomic E-state index is 0.0216. The largest absolute Gasteiger partial charge is 0.453 e. The fraction of sp³-hybridized carbons (Fsp3) is 0.867. The zero-order valence-corrected chi connectivity index (χ0v) is 16.1. The van der Waals surface area contributed by atoms with Crippen LogP contribution in [0, 0.1) is 0 Å². The molecule has 0 atom stereocenters. The number of carbonyl (C=O) groups excluding carboxylic acids is 1. The van der Waals surface area contributed by atoms with Gasteiger partial charge in [0.2, 0.25) is 0 Å². The van der Waals surface area contributed by atoms with E-state index in [-0.39, 0.29) is 24.5 Å². The zero-order chi connectivity index (χ0) is 18.7. The molecule has 0 bridgehead atoms. The molecule has 0 aromatic heterocycles. The van der Waals surface area contributed by atoms with Crippen LogP contribution in [0.25, 0.3) is 0 Å². The van der Waals surface area contributed by atoms with E-state index in [2.05, 4.69) is 15.6 Å². The molecule has 1 amide bonds. The van der Waals surface area contributed by atoms with Crippen LogP contribution in [0.1, 0.15) is 19.8 Å². The van der Waals surface area contributed by atoms with Gasteiger partial charge in [-0.3, -0.25) is 4.99 Å². The Morgan fingerprint density at radius 3 is 2.52 bits per heavy atom. The van der Waals surface area contributed by atoms with Crippen LogP contribution in [0.4, 0.5) is 4.79 Å². The maximum Gasteiger partial charge on any atom is 0.409 e. The molecule has 0 spiro atoms. The number of nitrogens with one attached hydrogen (secondary N) is 2. The highest BCUT2D eigenvalue weighted by molar-refractivity contribution is 7.90. The van der Waals surface area contributed by atoms with Crippen LogP contribution in [-0.2, 0) is 19.3 Å². The van der Waals surface area contributed by atoms with Crippen LogP contribution in [-0.4, -0.2) is 89.9 Å². The molecule has 10 heteroatoms. The lowest BCUT2D eigenvalue weighted by molar-refractivity contribution is 0.111. The monoisotopic (exact) mass is 378 g/mol. The molecule has 0 aromatic carbocycles. The number of piperidine rings is 1. The van der Waals surface area contributed by atoms with E-state index in [9.17, 15) is 13.2 Å². The Morgan fingerprint density at radius 2 is 1.96 bits per heavy atom. The highest BCUT2D eigenvalue weighted by Gasteiger charge is 2.23. The number of amides is 1. The van der Waals surface area contributed by atoms with Gasteiger partial charge in [-0.2, -0.15) is 0 Å². The summed E-state index contributed by atoms with van der Waals surface area (Å²) in [5.41, 5.74) is 0. The first-order valence-electron chi connectivity index (χ1n) is 8.49. The number of guanidine groups is 1. The lowest BCUT2D eigenvalue weighted by Gasteiger charge is -2.32. The summed E-state index contributed by atoms with van der Waals surface area (Å²) < 4.78 is 32.0. The van der Waals surface area contributed by atoms with Gasteiger partial charge in [0.25, 0.3) is 0 Å². The van der Waals surface area contributed by atoms with Crippen molar-refractivity contribution in [3.8, 4) is 0 Å². The first kappa shape index (κ1) is 21.5. The Kier molecular flexibility index (Phi) is 9.58. The SMILES string of the molecule is CCNC(=NCCOCCS(C)(=O)=O)NC1CCN(C(=O)OC)CC1. The topological polar surface area (TPSA) is 109 Å². The smallest absolute Gasteiger partial charge is 0.409 e. The first-order chi connectivity index (χ1) is 11.9. The van der Waals surface area contributed by atoms with Crippen molar-refractivity contribution in [2.24, 2.45) is 4.99 Å². The summed E-state index contributed by atoms with van der Waals surface area (Å²) in [6, 6.07) is 0.241. The van der Waals surface area contributed by atoms with Gasteiger partial charge in [-0.1, -0.05) is 0 Å². The van der Waals surface area contributed by atoms with E-state index in [1.54, 1.807) is 4.90 Å². The van der Waals surface area contributed by atoms with Crippen LogP contribution in [0.5, 0.6) is 0 Å². The van der Waals surface area contributed by atoms with Gasteiger partial charge in [-0.05, 0) is 19.8 Å². The highest BCUT2D eigenvalue weighted by atomic mass is 32.2. The average molecular weight is 378 g/mol. The summed E-state index contributed by atoms with van der Waals surface area (Å²) in [7, 11) is -1.60. The van der Waals surface area contributed by atoms with Gasteiger partial charge >= 0.3 is 6.09 Å². The third-order valence-corrected chi connectivity index (χ3v) is 4.63. The number of nitrogens with zero attached hydrogens (tertiary/aromatic N) is 2. The van der Waals surface area contributed by atoms with Gasteiger partial charge in [0.1, 0.15) is 9.84 Å². The van der Waals surface area contributed by atoms with Gasteiger partial charge in [0.15, 0.2) is 5.96 Å². The number of aliphatic imine (C=N–C) groups is 1. The van der Waals surface area contributed by atoms with E-state index < -0.39 is 9.84 Å². The molecule has 1 heterocycles. The van der Waals surface area contributed by atoms with E-state index in [4.69, 9.17) is 9.47 Å². The number of hydrogen-bond acceptors (Lipinski definition) is 6. The third kappa shape index (κ3) is 9.49. The molecule has 1 saturated heterocycles. The number of ether oxygens (including phenoxy) is 2. The second kappa shape index (κ2) is 11.1. The van der Waals surface area contributed by atoms with Gasteiger partial charge < -0.3 is 25.0 Å². The molecular weight excluding hydrogens is 348 g/mol. The predicted octanol–water partition coefficient (Wildman–Crippen LogP) is -0.166. The van der Waals surface area contributed by atoms with Crippen molar-refractivity contribution >= 4 is 21.9 Å². The van der Waals surface area contributed by atoms with Gasteiger partial charge in [-0.25, -0.2) is 13.2 Å². The Hall–Kier alpha value is -1.55. The minimum atomic E-state index is -2.99. The molecule has 1 rings (SSSR count). The van der Waals surface area contributed by atoms with E-state index in [1.165, 1.54) is 13.4 Å². The molecule has 2 N–H and O–H groups in total. The standard InChI is InChI=1S/C15H30N4O5S/c1-4-16-14(17-7-10-24-11-12-25(3,21)22)18-13-5-8-19(9-6-13)15(20)23-2/h13H,4-12H2,1-3H3,(H2,16,17,18). The van der Waals surface area contributed by atoms with E-state index >= 15 is 0 Å². The summed E-state index contributed by atoms with van der Waals surface area (Å²) in [6.07, 6.45) is 2.55. The van der Waals surface area contributed by atoms with Crippen molar-refractivity contribution in [2.75, 3.05) is 58.5 Å². The Labute approximate surface area is 150 Å². The van der Waals surface area contributed by atoms with Crippen LogP contribution >= 0.6 is 0 Å². The molecule has 0 unspecified atom stereocenters. The Bertz CT molecular complexity index is 530. The van der Waals surface area contributed by atoms with Gasteiger partial charge in [0.05, 0.1) is 32.6 Å². The fourth-order valence-corrected chi connectivity index (χ4v) is 2.80. The van der Waals surface area contributed by atoms with Gasteiger partial charge in [0, 0.05) is 31.9 Å². The van der Waals surface area contributed by atoms with Crippen molar-refractivity contribution in [3.05, 3.63) is 0 Å². The van der Waals surface area contributed by atoms with Gasteiger partial charge in [-0.15, -0.1) is 0 Å². The quantitative estimate of drug-likeness (QED) is 0.343. The summed E-state index contributed by atoms with van der Waals surface area (Å²) in [5.74, 6) is 0.721. The van der Waals surface area contributed by atoms with Crippen LogP contribution < -0.4 is 10.6 Å². The molecule has 1 aliphatic rings. The average Bonchev–Trinajstić information content (AvgIpc) is 2.57. The van der Waals surface area contributed by atoms with Crippen molar-refractivity contribution in [3.63, 3.8) is 0 Å². The molecule has 25 heavy (non-hydrogen) atoms. The summed E-state index contributed by atoms with van der Waals surface area (Å²) in [4.78, 5) is 17.6. The molecule has 1 aliphatic heterocycles. The lowest BCUT2D eigenvalue weighted by Crippen LogP contribution is -2.49. The highest BCUT2D eigenvalue weighted by Crippen LogP contribution is 2.11. The van der Waals surface area contributed by atoms with E-state index in [0.717, 1.165) is 19.4 Å². The molecule has 0 saturated carbocycles. The molecule has 146 valence electrons. The number of rotatable bonds is 8. The Morgan fingerprint density at radius 1 is 1.28 bits per heavy atom. The predicted molar refractivity (Wildman–Crippen MR) is 96.6 cm³/mol. The number of sulfone groups is 1. The van der Waals surface area contributed by atoms with Crippen molar-refractivity contribution in [1.82, 2.24) is 15.5 Å². The fourth-order valence-electron chi connectivity index (χ4n) is 2.38. The number of methoxy groups -OCH3 is 1. The number of likely N-dealkylation sites (tertiary alicyclic amines) is 1.